The maximum Gasteiger partial charge on any atom is 0.305 e. The minimum absolute atomic E-state index is 0. The van der Waals surface area contributed by atoms with Crippen LogP contribution in [0.25, 0.3) is 0 Å². The van der Waals surface area contributed by atoms with E-state index in [-0.39, 0.29) is 36.0 Å². The third kappa shape index (κ3) is 7.37. The van der Waals surface area contributed by atoms with Crippen molar-refractivity contribution in [2.45, 2.75) is 52.7 Å². The summed E-state index contributed by atoms with van der Waals surface area (Å²) in [5.41, 5.74) is 2.22. The molecule has 1 aliphatic heterocycles. The third-order valence-corrected chi connectivity index (χ3v) is 4.20. The molecule has 1 aliphatic rings. The van der Waals surface area contributed by atoms with Crippen LogP contribution in [0.2, 0.25) is 0 Å². The number of ether oxygens (including phenoxy) is 3. The smallest absolute Gasteiger partial charge is 0.305 e. The Balaban J connectivity index is 0.00000392. The lowest BCUT2D eigenvalue weighted by Gasteiger charge is -2.15. The predicted octanol–water partition coefficient (Wildman–Crippen LogP) is 3.04. The number of benzene rings is 1. The Morgan fingerprint density at radius 3 is 2.75 bits per heavy atom. The number of halogens is 1. The van der Waals surface area contributed by atoms with Crippen molar-refractivity contribution in [3.8, 4) is 11.5 Å². The Labute approximate surface area is 184 Å². The fourth-order valence-corrected chi connectivity index (χ4v) is 2.98. The predicted molar refractivity (Wildman–Crippen MR) is 121 cm³/mol. The van der Waals surface area contributed by atoms with E-state index in [1.165, 1.54) is 5.56 Å². The van der Waals surface area contributed by atoms with Crippen molar-refractivity contribution in [2.24, 2.45) is 4.99 Å². The molecule has 28 heavy (non-hydrogen) atoms. The number of hydrogen-bond donors (Lipinski definition) is 2. The Kier molecular flexibility index (Phi) is 11.0. The maximum atomic E-state index is 11.4. The van der Waals surface area contributed by atoms with Gasteiger partial charge in [0.25, 0.3) is 0 Å². The molecule has 0 saturated carbocycles. The van der Waals surface area contributed by atoms with Gasteiger partial charge in [-0.05, 0) is 39.3 Å². The molecule has 1 aromatic carbocycles. The number of esters is 1. The summed E-state index contributed by atoms with van der Waals surface area (Å²) < 4.78 is 16.6. The first-order valence-electron chi connectivity index (χ1n) is 9.62. The molecule has 0 spiro atoms. The molecule has 7 nitrogen and oxygen atoms in total. The number of hydrogen-bond acceptors (Lipinski definition) is 5. The van der Waals surface area contributed by atoms with E-state index >= 15 is 0 Å². The SMILES string of the molecule is CCOC(=O)CCCNC(=NC)NCc1cc2c(cc1OCC)CC(C)O2.I. The molecule has 8 heteroatoms. The molecule has 0 amide bonds. The van der Waals surface area contributed by atoms with Gasteiger partial charge < -0.3 is 24.8 Å². The molecule has 0 aromatic heterocycles. The molecule has 0 fully saturated rings. The fourth-order valence-electron chi connectivity index (χ4n) is 2.98. The summed E-state index contributed by atoms with van der Waals surface area (Å²) in [6.45, 7) is 8.10. The molecule has 2 rings (SSSR count). The summed E-state index contributed by atoms with van der Waals surface area (Å²) in [6.07, 6.45) is 2.19. The van der Waals surface area contributed by atoms with Crippen molar-refractivity contribution in [3.63, 3.8) is 0 Å². The highest BCUT2D eigenvalue weighted by atomic mass is 127. The first-order valence-corrected chi connectivity index (χ1v) is 9.62. The standard InChI is InChI=1S/C20H31N3O4.HI/c1-5-25-17-11-15-10-14(3)27-18(15)12-16(17)13-23-20(21-4)22-9-7-8-19(24)26-6-2;/h11-12,14H,5-10,13H2,1-4H3,(H2,21,22,23);1H. The van der Waals surface area contributed by atoms with Crippen LogP contribution < -0.4 is 20.1 Å². The third-order valence-electron chi connectivity index (χ3n) is 4.20. The summed E-state index contributed by atoms with van der Waals surface area (Å²) in [4.78, 5) is 15.6. The minimum atomic E-state index is -0.170. The molecule has 0 aliphatic carbocycles. The zero-order valence-corrected chi connectivity index (χ0v) is 19.5. The van der Waals surface area contributed by atoms with Crippen LogP contribution in [0.15, 0.2) is 17.1 Å². The Bertz CT molecular complexity index is 667. The van der Waals surface area contributed by atoms with Gasteiger partial charge in [-0.2, -0.15) is 0 Å². The van der Waals surface area contributed by atoms with Gasteiger partial charge in [-0.15, -0.1) is 24.0 Å². The lowest BCUT2D eigenvalue weighted by Crippen LogP contribution is -2.37. The Hall–Kier alpha value is -1.71. The monoisotopic (exact) mass is 505 g/mol. The number of carbonyl (C=O) groups is 1. The normalized spacial score (nSPS) is 15.1. The van der Waals surface area contributed by atoms with E-state index in [0.29, 0.717) is 45.1 Å². The van der Waals surface area contributed by atoms with Crippen LogP contribution in [-0.2, 0) is 22.5 Å². The highest BCUT2D eigenvalue weighted by molar-refractivity contribution is 14.0. The van der Waals surface area contributed by atoms with E-state index in [9.17, 15) is 4.79 Å². The highest BCUT2D eigenvalue weighted by Gasteiger charge is 2.21. The summed E-state index contributed by atoms with van der Waals surface area (Å²) in [5, 5.41) is 6.49. The van der Waals surface area contributed by atoms with E-state index in [0.717, 1.165) is 23.5 Å². The average Bonchev–Trinajstić information content (AvgIpc) is 3.00. The van der Waals surface area contributed by atoms with Crippen LogP contribution in [-0.4, -0.2) is 44.8 Å². The molecule has 0 radical (unpaired) electrons. The van der Waals surface area contributed by atoms with E-state index in [1.807, 2.05) is 19.9 Å². The number of aliphatic imine (C=N–C) groups is 1. The molecule has 1 heterocycles. The first-order chi connectivity index (χ1) is 13.1. The summed E-state index contributed by atoms with van der Waals surface area (Å²) in [5.74, 6) is 2.31. The van der Waals surface area contributed by atoms with Crippen molar-refractivity contribution in [2.75, 3.05) is 26.8 Å². The van der Waals surface area contributed by atoms with Crippen molar-refractivity contribution >= 4 is 35.9 Å². The molecule has 1 unspecified atom stereocenters. The minimum Gasteiger partial charge on any atom is -0.494 e. The van der Waals surface area contributed by atoms with Crippen molar-refractivity contribution < 1.29 is 19.0 Å². The molecule has 1 atom stereocenters. The van der Waals surface area contributed by atoms with Gasteiger partial charge in [-0.3, -0.25) is 9.79 Å². The number of nitrogens with one attached hydrogen (secondary N) is 2. The van der Waals surface area contributed by atoms with Crippen molar-refractivity contribution in [1.29, 1.82) is 0 Å². The molecule has 158 valence electrons. The van der Waals surface area contributed by atoms with Crippen LogP contribution in [0.3, 0.4) is 0 Å². The van der Waals surface area contributed by atoms with Gasteiger partial charge in [0.05, 0.1) is 13.2 Å². The second kappa shape index (κ2) is 12.7. The lowest BCUT2D eigenvalue weighted by atomic mass is 10.1. The molecule has 1 aromatic rings. The van der Waals surface area contributed by atoms with Crippen LogP contribution in [0.5, 0.6) is 11.5 Å². The number of carbonyl (C=O) groups excluding carboxylic acids is 1. The number of nitrogens with zero attached hydrogens (tertiary/aromatic N) is 1. The average molecular weight is 505 g/mol. The van der Waals surface area contributed by atoms with Crippen molar-refractivity contribution in [1.82, 2.24) is 10.6 Å². The van der Waals surface area contributed by atoms with Gasteiger partial charge in [-0.25, -0.2) is 0 Å². The van der Waals surface area contributed by atoms with Crippen molar-refractivity contribution in [3.05, 3.63) is 23.3 Å². The largest absolute Gasteiger partial charge is 0.494 e. The summed E-state index contributed by atoms with van der Waals surface area (Å²) in [7, 11) is 1.72. The van der Waals surface area contributed by atoms with Gasteiger partial charge in [0, 0.05) is 44.1 Å². The van der Waals surface area contributed by atoms with E-state index in [2.05, 4.69) is 28.6 Å². The Morgan fingerprint density at radius 2 is 2.07 bits per heavy atom. The van der Waals surface area contributed by atoms with Crippen LogP contribution >= 0.6 is 24.0 Å². The highest BCUT2D eigenvalue weighted by Crippen LogP contribution is 2.35. The molecule has 0 saturated heterocycles. The number of guanidine groups is 1. The van der Waals surface area contributed by atoms with Gasteiger partial charge in [0.2, 0.25) is 0 Å². The second-order valence-corrected chi connectivity index (χ2v) is 6.39. The van der Waals surface area contributed by atoms with E-state index in [4.69, 9.17) is 14.2 Å². The zero-order valence-electron chi connectivity index (χ0n) is 17.2. The second-order valence-electron chi connectivity index (χ2n) is 6.39. The Morgan fingerprint density at radius 1 is 1.29 bits per heavy atom. The van der Waals surface area contributed by atoms with Gasteiger partial charge in [0.1, 0.15) is 17.6 Å². The number of fused-ring (bicyclic) bond motifs is 1. The summed E-state index contributed by atoms with van der Waals surface area (Å²) >= 11 is 0. The molecule has 2 N–H and O–H groups in total. The molecular formula is C20H32IN3O4. The first kappa shape index (κ1) is 24.3. The van der Waals surface area contributed by atoms with Gasteiger partial charge >= 0.3 is 5.97 Å². The summed E-state index contributed by atoms with van der Waals surface area (Å²) in [6, 6.07) is 4.12. The number of rotatable bonds is 9. The van der Waals surface area contributed by atoms with Crippen LogP contribution in [0.4, 0.5) is 0 Å². The zero-order chi connectivity index (χ0) is 19.6. The van der Waals surface area contributed by atoms with Gasteiger partial charge in [0.15, 0.2) is 5.96 Å². The van der Waals surface area contributed by atoms with Gasteiger partial charge in [-0.1, -0.05) is 0 Å². The topological polar surface area (TPSA) is 81.2 Å². The maximum absolute atomic E-state index is 11.4. The fraction of sp³-hybridized carbons (Fsp3) is 0.600. The van der Waals surface area contributed by atoms with E-state index < -0.39 is 0 Å². The van der Waals surface area contributed by atoms with Crippen LogP contribution in [0, 0.1) is 0 Å². The van der Waals surface area contributed by atoms with E-state index in [1.54, 1.807) is 7.05 Å². The van der Waals surface area contributed by atoms with Crippen LogP contribution in [0.1, 0.15) is 44.7 Å². The quantitative estimate of drug-likeness (QED) is 0.177. The molecular weight excluding hydrogens is 473 g/mol. The lowest BCUT2D eigenvalue weighted by molar-refractivity contribution is -0.143. The molecule has 0 bridgehead atoms.